The number of aromatic nitrogens is 3. The van der Waals surface area contributed by atoms with Gasteiger partial charge in [-0.1, -0.05) is 58.4 Å². The Morgan fingerprint density at radius 2 is 1.80 bits per heavy atom. The van der Waals surface area contributed by atoms with Crippen molar-refractivity contribution in [2.24, 2.45) is 5.92 Å². The quantitative estimate of drug-likeness (QED) is 0.287. The second-order valence-electron chi connectivity index (χ2n) is 9.85. The third-order valence-corrected chi connectivity index (χ3v) is 7.50. The van der Waals surface area contributed by atoms with Gasteiger partial charge in [-0.3, -0.25) is 4.79 Å². The lowest BCUT2D eigenvalue weighted by Gasteiger charge is -2.19. The van der Waals surface area contributed by atoms with E-state index in [0.29, 0.717) is 36.8 Å². The lowest BCUT2D eigenvalue weighted by atomic mass is 9.90. The second-order valence-corrected chi connectivity index (χ2v) is 10.8. The molecular weight excluding hydrogens is 582 g/mol. The standard InChI is InChI=1S/C29H27BrF2N6O2/c1-18-14-37(17-25(18)19-6-8-21(30)9-7-19)28(39)24-5-3-2-4-20(24)15-38-16-23(35-36-38)13-33-29(40)34-22-10-11-26(31)27(32)12-22/h2-12,16,18,25H,13-15,17H2,1H3,(H2,33,34,40). The van der Waals surface area contributed by atoms with Crippen molar-refractivity contribution in [2.45, 2.75) is 25.9 Å². The molecule has 0 radical (unpaired) electrons. The first-order valence-electron chi connectivity index (χ1n) is 12.8. The SMILES string of the molecule is CC1CN(C(=O)c2ccccc2Cn2cc(CNC(=O)Nc3ccc(F)c(F)c3)nn2)CC1c1ccc(Br)cc1. The van der Waals surface area contributed by atoms with Crippen LogP contribution >= 0.6 is 15.9 Å². The van der Waals surface area contributed by atoms with Gasteiger partial charge in [-0.2, -0.15) is 0 Å². The Bertz CT molecular complexity index is 1530. The van der Waals surface area contributed by atoms with E-state index in [2.05, 4.69) is 55.9 Å². The Balaban J connectivity index is 1.20. The smallest absolute Gasteiger partial charge is 0.319 e. The number of hydrogen-bond acceptors (Lipinski definition) is 4. The molecule has 0 aliphatic carbocycles. The lowest BCUT2D eigenvalue weighted by Crippen LogP contribution is -2.30. The van der Waals surface area contributed by atoms with Crippen LogP contribution in [-0.4, -0.2) is 44.9 Å². The number of anilines is 1. The van der Waals surface area contributed by atoms with Crippen LogP contribution in [0.3, 0.4) is 0 Å². The maximum absolute atomic E-state index is 13.6. The van der Waals surface area contributed by atoms with Gasteiger partial charge in [0.25, 0.3) is 5.91 Å². The molecule has 2 heterocycles. The number of carbonyl (C=O) groups excluding carboxylic acids is 2. The predicted molar refractivity (Wildman–Crippen MR) is 150 cm³/mol. The van der Waals surface area contributed by atoms with Gasteiger partial charge in [-0.25, -0.2) is 18.3 Å². The normalized spacial score (nSPS) is 16.6. The highest BCUT2D eigenvalue weighted by molar-refractivity contribution is 9.10. The van der Waals surface area contributed by atoms with E-state index in [1.54, 1.807) is 10.9 Å². The Kier molecular flexibility index (Phi) is 8.20. The summed E-state index contributed by atoms with van der Waals surface area (Å²) in [5.41, 5.74) is 3.27. The van der Waals surface area contributed by atoms with E-state index >= 15 is 0 Å². The van der Waals surface area contributed by atoms with E-state index < -0.39 is 17.7 Å². The molecule has 2 atom stereocenters. The molecule has 1 saturated heterocycles. The summed E-state index contributed by atoms with van der Waals surface area (Å²) in [4.78, 5) is 27.6. The van der Waals surface area contributed by atoms with Gasteiger partial charge in [0, 0.05) is 40.8 Å². The van der Waals surface area contributed by atoms with Crippen LogP contribution in [0.4, 0.5) is 19.3 Å². The number of carbonyl (C=O) groups is 2. The summed E-state index contributed by atoms with van der Waals surface area (Å²) in [5, 5.41) is 13.3. The summed E-state index contributed by atoms with van der Waals surface area (Å²) in [7, 11) is 0. The first-order valence-corrected chi connectivity index (χ1v) is 13.6. The monoisotopic (exact) mass is 608 g/mol. The molecule has 1 fully saturated rings. The molecule has 3 amide bonds. The second kappa shape index (κ2) is 12.0. The van der Waals surface area contributed by atoms with Gasteiger partial charge in [0.1, 0.15) is 5.69 Å². The molecule has 206 valence electrons. The van der Waals surface area contributed by atoms with Crippen molar-refractivity contribution in [3.8, 4) is 0 Å². The summed E-state index contributed by atoms with van der Waals surface area (Å²) < 4.78 is 29.1. The van der Waals surface area contributed by atoms with Crippen LogP contribution in [0.5, 0.6) is 0 Å². The summed E-state index contributed by atoms with van der Waals surface area (Å²) in [5.74, 6) is -1.46. The molecule has 1 aliphatic rings. The molecule has 3 aromatic carbocycles. The largest absolute Gasteiger partial charge is 0.338 e. The van der Waals surface area contributed by atoms with E-state index in [4.69, 9.17) is 0 Å². The van der Waals surface area contributed by atoms with Gasteiger partial charge in [0.05, 0.1) is 19.3 Å². The van der Waals surface area contributed by atoms with Crippen LogP contribution in [0.15, 0.2) is 77.4 Å². The molecule has 1 aromatic heterocycles. The van der Waals surface area contributed by atoms with Crippen molar-refractivity contribution in [3.63, 3.8) is 0 Å². The summed E-state index contributed by atoms with van der Waals surface area (Å²) in [6.45, 7) is 3.91. The highest BCUT2D eigenvalue weighted by Crippen LogP contribution is 2.34. The number of hydrogen-bond donors (Lipinski definition) is 2. The van der Waals surface area contributed by atoms with Crippen molar-refractivity contribution < 1.29 is 18.4 Å². The van der Waals surface area contributed by atoms with Gasteiger partial charge < -0.3 is 15.5 Å². The molecule has 11 heteroatoms. The number of halogens is 3. The van der Waals surface area contributed by atoms with E-state index in [-0.39, 0.29) is 24.1 Å². The third kappa shape index (κ3) is 6.36. The zero-order chi connectivity index (χ0) is 28.2. The van der Waals surface area contributed by atoms with E-state index in [0.717, 1.165) is 22.2 Å². The molecule has 0 spiro atoms. The van der Waals surface area contributed by atoms with Crippen LogP contribution in [0, 0.1) is 17.6 Å². The van der Waals surface area contributed by atoms with Crippen molar-refractivity contribution in [3.05, 3.63) is 111 Å². The molecule has 2 unspecified atom stereocenters. The summed E-state index contributed by atoms with van der Waals surface area (Å²) in [6, 6.07) is 18.2. The van der Waals surface area contributed by atoms with E-state index in [1.165, 1.54) is 11.6 Å². The minimum atomic E-state index is -1.05. The van der Waals surface area contributed by atoms with E-state index in [1.807, 2.05) is 41.3 Å². The molecule has 0 bridgehead atoms. The Morgan fingerprint density at radius 1 is 1.02 bits per heavy atom. The van der Waals surface area contributed by atoms with Crippen molar-refractivity contribution in [1.82, 2.24) is 25.2 Å². The first-order chi connectivity index (χ1) is 19.3. The maximum atomic E-state index is 13.6. The van der Waals surface area contributed by atoms with Crippen molar-refractivity contribution >= 4 is 33.6 Å². The zero-order valence-corrected chi connectivity index (χ0v) is 23.2. The molecule has 1 aliphatic heterocycles. The molecule has 5 rings (SSSR count). The molecule has 0 saturated carbocycles. The fourth-order valence-corrected chi connectivity index (χ4v) is 5.17. The highest BCUT2D eigenvalue weighted by Gasteiger charge is 2.34. The van der Waals surface area contributed by atoms with Crippen LogP contribution < -0.4 is 10.6 Å². The molecule has 40 heavy (non-hydrogen) atoms. The fraction of sp³-hybridized carbons (Fsp3) is 0.241. The van der Waals surface area contributed by atoms with Gasteiger partial charge in [-0.05, 0) is 47.4 Å². The van der Waals surface area contributed by atoms with Crippen LogP contribution in [0.2, 0.25) is 0 Å². The lowest BCUT2D eigenvalue weighted by molar-refractivity contribution is 0.0785. The van der Waals surface area contributed by atoms with Crippen LogP contribution in [-0.2, 0) is 13.1 Å². The predicted octanol–water partition coefficient (Wildman–Crippen LogP) is 5.56. The van der Waals surface area contributed by atoms with Gasteiger partial charge in [-0.15, -0.1) is 5.10 Å². The number of urea groups is 1. The molecule has 8 nitrogen and oxygen atoms in total. The maximum Gasteiger partial charge on any atom is 0.319 e. The number of benzene rings is 3. The minimum absolute atomic E-state index is 0.0158. The van der Waals surface area contributed by atoms with E-state index in [9.17, 15) is 18.4 Å². The Morgan fingerprint density at radius 3 is 2.58 bits per heavy atom. The van der Waals surface area contributed by atoms with Gasteiger partial charge in [0.2, 0.25) is 0 Å². The molecular formula is C29H27BrF2N6O2. The number of nitrogens with one attached hydrogen (secondary N) is 2. The Hall–Kier alpha value is -4.12. The number of nitrogens with zero attached hydrogens (tertiary/aromatic N) is 4. The molecule has 2 N–H and O–H groups in total. The van der Waals surface area contributed by atoms with Crippen molar-refractivity contribution in [1.29, 1.82) is 0 Å². The van der Waals surface area contributed by atoms with Crippen molar-refractivity contribution in [2.75, 3.05) is 18.4 Å². The van der Waals surface area contributed by atoms with Gasteiger partial charge >= 0.3 is 6.03 Å². The highest BCUT2D eigenvalue weighted by atomic mass is 79.9. The number of rotatable bonds is 7. The van der Waals surface area contributed by atoms with Crippen LogP contribution in [0.25, 0.3) is 0 Å². The fourth-order valence-electron chi connectivity index (χ4n) is 4.91. The topological polar surface area (TPSA) is 92.2 Å². The minimum Gasteiger partial charge on any atom is -0.338 e. The van der Waals surface area contributed by atoms with Gasteiger partial charge in [0.15, 0.2) is 11.6 Å². The number of likely N-dealkylation sites (tertiary alicyclic amines) is 1. The summed E-state index contributed by atoms with van der Waals surface area (Å²) in [6.07, 6.45) is 1.68. The average molecular weight is 609 g/mol. The summed E-state index contributed by atoms with van der Waals surface area (Å²) >= 11 is 3.48. The van der Waals surface area contributed by atoms with Crippen LogP contribution in [0.1, 0.15) is 40.0 Å². The first kappa shape index (κ1) is 27.4. The third-order valence-electron chi connectivity index (χ3n) is 6.97. The molecule has 4 aromatic rings. The average Bonchev–Trinajstić information content (AvgIpc) is 3.56. The Labute approximate surface area is 238 Å². The number of amides is 3. The zero-order valence-electron chi connectivity index (χ0n) is 21.7.